The molecule has 1 aliphatic heterocycles. The molecule has 2 aromatic rings. The Labute approximate surface area is 154 Å². The highest BCUT2D eigenvalue weighted by atomic mass is 35.5. The molecule has 3 rings (SSSR count). The van der Waals surface area contributed by atoms with E-state index in [9.17, 15) is 13.2 Å². The molecule has 7 heteroatoms. The van der Waals surface area contributed by atoms with Crippen LogP contribution in [0, 0.1) is 0 Å². The number of nitrogens with one attached hydrogen (secondary N) is 1. The maximum absolute atomic E-state index is 13.2. The van der Waals surface area contributed by atoms with Crippen LogP contribution in [0.25, 0.3) is 0 Å². The molecule has 1 unspecified atom stereocenters. The van der Waals surface area contributed by atoms with Crippen LogP contribution in [0.3, 0.4) is 0 Å². The molecule has 2 nitrogen and oxygen atoms in total. The Morgan fingerprint density at radius 2 is 1.56 bits per heavy atom. The molecule has 0 amide bonds. The van der Waals surface area contributed by atoms with Crippen molar-refractivity contribution >= 4 is 23.2 Å². The highest BCUT2D eigenvalue weighted by Crippen LogP contribution is 2.40. The molecule has 1 atom stereocenters. The second-order valence-corrected chi connectivity index (χ2v) is 6.76. The first-order chi connectivity index (χ1) is 11.9. The van der Waals surface area contributed by atoms with Crippen LogP contribution >= 0.6 is 23.2 Å². The van der Waals surface area contributed by atoms with Crippen molar-refractivity contribution in [2.45, 2.75) is 12.2 Å². The molecule has 0 aliphatic carbocycles. The Balaban J connectivity index is 2.13. The monoisotopic (exact) mass is 388 g/mol. The van der Waals surface area contributed by atoms with E-state index in [1.54, 1.807) is 12.1 Å². The topological polar surface area (TPSA) is 15.3 Å². The van der Waals surface area contributed by atoms with Crippen LogP contribution in [0.1, 0.15) is 22.7 Å². The van der Waals surface area contributed by atoms with Gasteiger partial charge in [0.05, 0.1) is 11.6 Å². The van der Waals surface area contributed by atoms with E-state index in [-0.39, 0.29) is 0 Å². The summed E-state index contributed by atoms with van der Waals surface area (Å²) in [6.45, 7) is 2.92. The maximum Gasteiger partial charge on any atom is 0.416 e. The lowest BCUT2D eigenvalue weighted by Gasteiger charge is -2.36. The average Bonchev–Trinajstić information content (AvgIpc) is 2.58. The zero-order valence-corrected chi connectivity index (χ0v) is 14.8. The lowest BCUT2D eigenvalue weighted by Crippen LogP contribution is -2.45. The molecule has 134 valence electrons. The predicted octanol–water partition coefficient (Wildman–Crippen LogP) is 5.01. The minimum absolute atomic E-state index is 0.302. The quantitative estimate of drug-likeness (QED) is 0.794. The van der Waals surface area contributed by atoms with Crippen LogP contribution in [0.15, 0.2) is 42.5 Å². The number of piperazine rings is 1. The van der Waals surface area contributed by atoms with E-state index in [0.717, 1.165) is 30.8 Å². The largest absolute Gasteiger partial charge is 0.416 e. The van der Waals surface area contributed by atoms with Gasteiger partial charge in [-0.3, -0.25) is 4.90 Å². The third-order valence-corrected chi connectivity index (χ3v) is 5.02. The summed E-state index contributed by atoms with van der Waals surface area (Å²) in [5.41, 5.74) is 0.470. The van der Waals surface area contributed by atoms with Gasteiger partial charge in [0, 0.05) is 36.2 Å². The van der Waals surface area contributed by atoms with Gasteiger partial charge in [0.1, 0.15) is 0 Å². The van der Waals surface area contributed by atoms with Crippen molar-refractivity contribution in [2.24, 2.45) is 0 Å². The van der Waals surface area contributed by atoms with Gasteiger partial charge in [-0.2, -0.15) is 13.2 Å². The van der Waals surface area contributed by atoms with Gasteiger partial charge in [0.25, 0.3) is 0 Å². The van der Waals surface area contributed by atoms with Gasteiger partial charge in [-0.05, 0) is 35.4 Å². The first-order valence-electron chi connectivity index (χ1n) is 7.94. The Morgan fingerprint density at radius 1 is 0.920 bits per heavy atom. The Hall–Kier alpha value is -1.27. The van der Waals surface area contributed by atoms with Crippen LogP contribution in [-0.4, -0.2) is 31.1 Å². The van der Waals surface area contributed by atoms with Crippen molar-refractivity contribution < 1.29 is 13.2 Å². The number of alkyl halides is 3. The van der Waals surface area contributed by atoms with E-state index >= 15 is 0 Å². The molecular formula is C18H17Cl2F3N2. The maximum atomic E-state index is 13.2. The molecule has 0 radical (unpaired) electrons. The molecule has 0 bridgehead atoms. The van der Waals surface area contributed by atoms with Crippen molar-refractivity contribution in [3.63, 3.8) is 0 Å². The number of hydrogen-bond acceptors (Lipinski definition) is 2. The van der Waals surface area contributed by atoms with E-state index in [4.69, 9.17) is 23.2 Å². The fourth-order valence-corrected chi connectivity index (χ4v) is 3.59. The second kappa shape index (κ2) is 7.54. The molecule has 25 heavy (non-hydrogen) atoms. The number of halogens is 5. The summed E-state index contributed by atoms with van der Waals surface area (Å²) in [5, 5.41) is 4.07. The molecule has 1 fully saturated rings. The SMILES string of the molecule is FC(F)(F)c1ccc(Cl)c(C(c2ccccc2Cl)N2CCNCC2)c1. The third kappa shape index (κ3) is 4.11. The van der Waals surface area contributed by atoms with E-state index < -0.39 is 17.8 Å². The molecule has 2 aromatic carbocycles. The van der Waals surface area contributed by atoms with Gasteiger partial charge in [-0.25, -0.2) is 0 Å². The van der Waals surface area contributed by atoms with Crippen LogP contribution in [0.5, 0.6) is 0 Å². The molecule has 1 saturated heterocycles. The molecule has 1 aliphatic rings. The number of rotatable bonds is 3. The molecule has 0 spiro atoms. The molecule has 0 saturated carbocycles. The standard InChI is InChI=1S/C18H17Cl2F3N2/c19-15-4-2-1-3-13(15)17(25-9-7-24-8-10-25)14-11-12(18(21,22)23)5-6-16(14)20/h1-6,11,17,24H,7-10H2. The van der Waals surface area contributed by atoms with Crippen LogP contribution in [-0.2, 0) is 6.18 Å². The molecule has 0 aromatic heterocycles. The summed E-state index contributed by atoms with van der Waals surface area (Å²) in [6, 6.07) is 10.2. The van der Waals surface area contributed by atoms with E-state index in [1.807, 2.05) is 12.1 Å². The fourth-order valence-electron chi connectivity index (χ4n) is 3.13. The second-order valence-electron chi connectivity index (χ2n) is 5.94. The van der Waals surface area contributed by atoms with Gasteiger partial charge in [0.2, 0.25) is 0 Å². The summed E-state index contributed by atoms with van der Waals surface area (Å²) in [7, 11) is 0. The van der Waals surface area contributed by atoms with Crippen molar-refractivity contribution in [1.82, 2.24) is 10.2 Å². The van der Waals surface area contributed by atoms with Crippen molar-refractivity contribution in [3.8, 4) is 0 Å². The fraction of sp³-hybridized carbons (Fsp3) is 0.333. The first-order valence-corrected chi connectivity index (χ1v) is 8.69. The van der Waals surface area contributed by atoms with Crippen molar-refractivity contribution in [2.75, 3.05) is 26.2 Å². The highest BCUT2D eigenvalue weighted by Gasteiger charge is 2.33. The predicted molar refractivity (Wildman–Crippen MR) is 94.2 cm³/mol. The number of benzene rings is 2. The van der Waals surface area contributed by atoms with Crippen molar-refractivity contribution in [3.05, 3.63) is 69.2 Å². The average molecular weight is 389 g/mol. The van der Waals surface area contributed by atoms with E-state index in [1.165, 1.54) is 6.07 Å². The van der Waals surface area contributed by atoms with Gasteiger partial charge in [-0.1, -0.05) is 41.4 Å². The van der Waals surface area contributed by atoms with Crippen LogP contribution < -0.4 is 5.32 Å². The summed E-state index contributed by atoms with van der Waals surface area (Å²) in [6.07, 6.45) is -4.42. The Bertz CT molecular complexity index is 743. The number of nitrogens with zero attached hydrogens (tertiary/aromatic N) is 1. The van der Waals surface area contributed by atoms with E-state index in [2.05, 4.69) is 10.2 Å². The minimum atomic E-state index is -4.42. The summed E-state index contributed by atoms with van der Waals surface area (Å²) in [4.78, 5) is 2.11. The third-order valence-electron chi connectivity index (χ3n) is 4.33. The lowest BCUT2D eigenvalue weighted by atomic mass is 9.94. The zero-order valence-electron chi connectivity index (χ0n) is 13.3. The smallest absolute Gasteiger partial charge is 0.314 e. The Kier molecular flexibility index (Phi) is 5.58. The van der Waals surface area contributed by atoms with Gasteiger partial charge in [-0.15, -0.1) is 0 Å². The van der Waals surface area contributed by atoms with Gasteiger partial charge >= 0.3 is 6.18 Å². The zero-order chi connectivity index (χ0) is 18.0. The van der Waals surface area contributed by atoms with Gasteiger partial charge in [0.15, 0.2) is 0 Å². The van der Waals surface area contributed by atoms with Crippen LogP contribution in [0.4, 0.5) is 13.2 Å². The minimum Gasteiger partial charge on any atom is -0.314 e. The molecule has 1 N–H and O–H groups in total. The normalized spacial score (nSPS) is 17.5. The molecular weight excluding hydrogens is 372 g/mol. The highest BCUT2D eigenvalue weighted by molar-refractivity contribution is 6.32. The van der Waals surface area contributed by atoms with Crippen molar-refractivity contribution in [1.29, 1.82) is 0 Å². The van der Waals surface area contributed by atoms with Gasteiger partial charge < -0.3 is 5.32 Å². The summed E-state index contributed by atoms with van der Waals surface area (Å²) < 4.78 is 39.6. The lowest BCUT2D eigenvalue weighted by molar-refractivity contribution is -0.137. The summed E-state index contributed by atoms with van der Waals surface area (Å²) in [5.74, 6) is 0. The summed E-state index contributed by atoms with van der Waals surface area (Å²) >= 11 is 12.7. The number of hydrogen-bond donors (Lipinski definition) is 1. The molecule has 1 heterocycles. The van der Waals surface area contributed by atoms with E-state index in [0.29, 0.717) is 28.7 Å². The Morgan fingerprint density at radius 3 is 2.20 bits per heavy atom. The van der Waals surface area contributed by atoms with Crippen LogP contribution in [0.2, 0.25) is 10.0 Å². The first kappa shape index (κ1) is 18.5.